The summed E-state index contributed by atoms with van der Waals surface area (Å²) in [6, 6.07) is 7.78. The lowest BCUT2D eigenvalue weighted by molar-refractivity contribution is -0.141. The van der Waals surface area contributed by atoms with Crippen LogP contribution in [0.1, 0.15) is 21.6 Å². The molecular formula is C18H17F4N3O3. The van der Waals surface area contributed by atoms with Crippen molar-refractivity contribution >= 4 is 5.91 Å². The van der Waals surface area contributed by atoms with Crippen LogP contribution in [0.4, 0.5) is 17.6 Å². The number of ether oxygens (including phenoxy) is 1. The molecule has 0 saturated carbocycles. The van der Waals surface area contributed by atoms with Gasteiger partial charge < -0.3 is 20.5 Å². The number of carbonyl (C=O) groups excluding carboxylic acids is 1. The molecule has 3 N–H and O–H groups in total. The van der Waals surface area contributed by atoms with E-state index in [-0.39, 0.29) is 42.4 Å². The first kappa shape index (κ1) is 20.0. The van der Waals surface area contributed by atoms with Crippen molar-refractivity contribution in [3.8, 4) is 11.6 Å². The molecule has 1 aliphatic heterocycles. The number of halogens is 4. The van der Waals surface area contributed by atoms with Gasteiger partial charge in [0, 0.05) is 24.7 Å². The maximum Gasteiger partial charge on any atom is 0.433 e. The quantitative estimate of drug-likeness (QED) is 0.772. The van der Waals surface area contributed by atoms with E-state index in [1.807, 2.05) is 0 Å². The predicted molar refractivity (Wildman–Crippen MR) is 90.5 cm³/mol. The summed E-state index contributed by atoms with van der Waals surface area (Å²) in [6.07, 6.45) is -7.43. The highest BCUT2D eigenvalue weighted by Gasteiger charge is 2.35. The minimum absolute atomic E-state index is 0.0807. The molecule has 10 heteroatoms. The molecule has 1 fully saturated rings. The maximum atomic E-state index is 13.4. The van der Waals surface area contributed by atoms with Crippen molar-refractivity contribution in [1.82, 2.24) is 9.88 Å². The van der Waals surface area contributed by atoms with E-state index in [1.54, 1.807) is 0 Å². The van der Waals surface area contributed by atoms with E-state index < -0.39 is 30.1 Å². The van der Waals surface area contributed by atoms with Crippen LogP contribution in [0, 0.1) is 0 Å². The molecule has 2 unspecified atom stereocenters. The van der Waals surface area contributed by atoms with Crippen LogP contribution in [0.3, 0.4) is 0 Å². The van der Waals surface area contributed by atoms with Gasteiger partial charge in [0.15, 0.2) is 0 Å². The first-order valence-corrected chi connectivity index (χ1v) is 8.35. The number of nitrogens with zero attached hydrogens (tertiary/aromatic N) is 2. The van der Waals surface area contributed by atoms with Gasteiger partial charge in [0.1, 0.15) is 23.7 Å². The molecule has 1 aromatic heterocycles. The molecule has 0 bridgehead atoms. The van der Waals surface area contributed by atoms with Gasteiger partial charge in [0.25, 0.3) is 5.91 Å². The average Bonchev–Trinajstić information content (AvgIpc) is 2.99. The molecule has 0 radical (unpaired) electrons. The topological polar surface area (TPSA) is 88.7 Å². The van der Waals surface area contributed by atoms with Crippen LogP contribution in [-0.4, -0.2) is 46.3 Å². The zero-order valence-corrected chi connectivity index (χ0v) is 14.5. The van der Waals surface area contributed by atoms with Crippen LogP contribution in [0.5, 0.6) is 11.6 Å². The lowest BCUT2D eigenvalue weighted by Gasteiger charge is -2.16. The number of aliphatic hydroxyl groups excluding tert-OH is 1. The Labute approximate surface area is 157 Å². The molecule has 1 aromatic carbocycles. The molecule has 28 heavy (non-hydrogen) atoms. The van der Waals surface area contributed by atoms with Gasteiger partial charge in [-0.15, -0.1) is 0 Å². The third kappa shape index (κ3) is 4.39. The number of amides is 1. The molecule has 1 saturated heterocycles. The Morgan fingerprint density at radius 1 is 1.29 bits per heavy atom. The number of pyridine rings is 1. The zero-order valence-electron chi connectivity index (χ0n) is 14.5. The first-order chi connectivity index (χ1) is 13.2. The van der Waals surface area contributed by atoms with Gasteiger partial charge in [-0.2, -0.15) is 13.2 Å². The van der Waals surface area contributed by atoms with Gasteiger partial charge in [0.2, 0.25) is 5.88 Å². The summed E-state index contributed by atoms with van der Waals surface area (Å²) in [5, 5.41) is 9.45. The summed E-state index contributed by atoms with van der Waals surface area (Å²) in [7, 11) is 0. The van der Waals surface area contributed by atoms with Gasteiger partial charge in [-0.1, -0.05) is 6.07 Å². The van der Waals surface area contributed by atoms with Crippen molar-refractivity contribution in [1.29, 1.82) is 0 Å². The Morgan fingerprint density at radius 2 is 2.04 bits per heavy atom. The first-order valence-electron chi connectivity index (χ1n) is 8.35. The second kappa shape index (κ2) is 7.72. The average molecular weight is 399 g/mol. The normalized spacial score (nSPS) is 19.7. The van der Waals surface area contributed by atoms with E-state index in [2.05, 4.69) is 4.98 Å². The van der Waals surface area contributed by atoms with E-state index in [4.69, 9.17) is 10.5 Å². The molecule has 150 valence electrons. The number of carbonyl (C=O) groups is 1. The number of likely N-dealkylation sites (tertiary alicyclic amines) is 1. The van der Waals surface area contributed by atoms with E-state index in [0.29, 0.717) is 0 Å². The third-order valence-corrected chi connectivity index (χ3v) is 4.20. The second-order valence-electron chi connectivity index (χ2n) is 6.32. The van der Waals surface area contributed by atoms with E-state index in [1.165, 1.54) is 30.3 Å². The number of β-amino-alcohol motifs (C(OH)–C–C–N with tert-alkyl or cyclic N) is 1. The van der Waals surface area contributed by atoms with Crippen LogP contribution < -0.4 is 10.5 Å². The van der Waals surface area contributed by atoms with E-state index in [9.17, 15) is 27.5 Å². The summed E-state index contributed by atoms with van der Waals surface area (Å²) in [6.45, 7) is -0.511. The van der Waals surface area contributed by atoms with Crippen molar-refractivity contribution in [2.24, 2.45) is 5.73 Å². The van der Waals surface area contributed by atoms with Gasteiger partial charge in [-0.25, -0.2) is 9.37 Å². The number of aliphatic hydroxyl groups is 1. The molecule has 0 aliphatic carbocycles. The smallest absolute Gasteiger partial charge is 0.433 e. The van der Waals surface area contributed by atoms with Crippen molar-refractivity contribution in [3.05, 3.63) is 53.2 Å². The summed E-state index contributed by atoms with van der Waals surface area (Å²) in [5.74, 6) is -0.762. The van der Waals surface area contributed by atoms with Gasteiger partial charge >= 0.3 is 6.18 Å². The minimum Gasteiger partial charge on any atom is -0.439 e. The second-order valence-corrected chi connectivity index (χ2v) is 6.32. The highest BCUT2D eigenvalue weighted by Crippen LogP contribution is 2.31. The number of rotatable bonds is 4. The number of nitrogens with two attached hydrogens (primary N) is 1. The summed E-state index contributed by atoms with van der Waals surface area (Å²) in [4.78, 5) is 17.0. The molecule has 0 spiro atoms. The fourth-order valence-corrected chi connectivity index (χ4v) is 2.78. The van der Waals surface area contributed by atoms with Crippen LogP contribution in [-0.2, 0) is 12.7 Å². The molecule has 2 heterocycles. The van der Waals surface area contributed by atoms with E-state index >= 15 is 0 Å². The standard InChI is InChI=1S/C18H17F4N3O3/c19-13-8-25(9-14(13)26)17(27)11-2-1-3-12(6-11)28-16-5-10(7-23)4-15(24-16)18(20,21)22/h1-6,13-14,26H,7-9,23H2. The highest BCUT2D eigenvalue weighted by atomic mass is 19.4. The van der Waals surface area contributed by atoms with Crippen molar-refractivity contribution in [3.63, 3.8) is 0 Å². The highest BCUT2D eigenvalue weighted by molar-refractivity contribution is 5.94. The number of benzene rings is 1. The SMILES string of the molecule is NCc1cc(Oc2cccc(C(=O)N3CC(O)C(F)C3)c2)nc(C(F)(F)F)c1. The number of hydrogen-bond donors (Lipinski definition) is 2. The predicted octanol–water partition coefficient (Wildman–Crippen LogP) is 2.51. The molecule has 3 rings (SSSR count). The molecule has 2 aromatic rings. The van der Waals surface area contributed by atoms with Crippen molar-refractivity contribution in [2.45, 2.75) is 25.0 Å². The van der Waals surface area contributed by atoms with Crippen LogP contribution in [0.2, 0.25) is 0 Å². The number of alkyl halides is 4. The largest absolute Gasteiger partial charge is 0.439 e. The Morgan fingerprint density at radius 3 is 2.64 bits per heavy atom. The summed E-state index contributed by atoms with van der Waals surface area (Å²) in [5.41, 5.74) is 4.62. The Hall–Kier alpha value is -2.72. The minimum atomic E-state index is -4.67. The Balaban J connectivity index is 1.83. The lowest BCUT2D eigenvalue weighted by atomic mass is 10.2. The maximum absolute atomic E-state index is 13.4. The summed E-state index contributed by atoms with van der Waals surface area (Å²) >= 11 is 0. The van der Waals surface area contributed by atoms with Crippen LogP contribution >= 0.6 is 0 Å². The fraction of sp³-hybridized carbons (Fsp3) is 0.333. The Bertz CT molecular complexity index is 865. The van der Waals surface area contributed by atoms with E-state index in [0.717, 1.165) is 11.0 Å². The number of aromatic nitrogens is 1. The van der Waals surface area contributed by atoms with Gasteiger partial charge in [0.05, 0.1) is 6.54 Å². The molecule has 1 aliphatic rings. The Kier molecular flexibility index (Phi) is 5.52. The molecular weight excluding hydrogens is 382 g/mol. The zero-order chi connectivity index (χ0) is 20.5. The molecule has 6 nitrogen and oxygen atoms in total. The van der Waals surface area contributed by atoms with Gasteiger partial charge in [-0.3, -0.25) is 4.79 Å². The van der Waals surface area contributed by atoms with Crippen LogP contribution in [0.25, 0.3) is 0 Å². The molecule has 2 atom stereocenters. The monoisotopic (exact) mass is 399 g/mol. The lowest BCUT2D eigenvalue weighted by Crippen LogP contribution is -2.29. The third-order valence-electron chi connectivity index (χ3n) is 4.20. The number of hydrogen-bond acceptors (Lipinski definition) is 5. The fourth-order valence-electron chi connectivity index (χ4n) is 2.78. The van der Waals surface area contributed by atoms with Crippen molar-refractivity contribution < 1.29 is 32.2 Å². The summed E-state index contributed by atoms with van der Waals surface area (Å²) < 4.78 is 57.7. The van der Waals surface area contributed by atoms with Crippen LogP contribution in [0.15, 0.2) is 36.4 Å². The van der Waals surface area contributed by atoms with Crippen molar-refractivity contribution in [2.75, 3.05) is 13.1 Å². The molecule has 1 amide bonds. The van der Waals surface area contributed by atoms with Gasteiger partial charge in [-0.05, 0) is 29.8 Å².